The maximum absolute atomic E-state index is 11.1. The number of nitrogens with zero attached hydrogens (tertiary/aromatic N) is 5. The van der Waals surface area contributed by atoms with Crippen molar-refractivity contribution in [3.8, 4) is 5.13 Å². The van der Waals surface area contributed by atoms with Crippen LogP contribution in [0.25, 0.3) is 5.13 Å². The van der Waals surface area contributed by atoms with Gasteiger partial charge in [0.1, 0.15) is 10.7 Å². The van der Waals surface area contributed by atoms with Gasteiger partial charge in [0.15, 0.2) is 5.69 Å². The van der Waals surface area contributed by atoms with Crippen molar-refractivity contribution < 1.29 is 14.6 Å². The summed E-state index contributed by atoms with van der Waals surface area (Å²) in [6.07, 6.45) is 0. The highest BCUT2D eigenvalue weighted by Gasteiger charge is 2.22. The third kappa shape index (κ3) is 2.61. The third-order valence-corrected chi connectivity index (χ3v) is 3.55. The summed E-state index contributed by atoms with van der Waals surface area (Å²) >= 11 is 1.35. The minimum atomic E-state index is -1.15. The van der Waals surface area contributed by atoms with Gasteiger partial charge in [0.2, 0.25) is 5.13 Å². The first-order valence-corrected chi connectivity index (χ1v) is 6.36. The topological polar surface area (TPSA) is 103 Å². The fourth-order valence-electron chi connectivity index (χ4n) is 1.43. The molecule has 2 aromatic rings. The zero-order valence-electron chi connectivity index (χ0n) is 10.7. The zero-order valence-corrected chi connectivity index (χ0v) is 11.5. The number of hydrogen-bond acceptors (Lipinski definition) is 7. The van der Waals surface area contributed by atoms with Gasteiger partial charge in [0.05, 0.1) is 6.61 Å². The molecule has 0 amide bonds. The monoisotopic (exact) mass is 283 g/mol. The van der Waals surface area contributed by atoms with E-state index in [2.05, 4.69) is 20.5 Å². The van der Waals surface area contributed by atoms with Crippen LogP contribution in [-0.2, 0) is 11.3 Å². The van der Waals surface area contributed by atoms with Crippen molar-refractivity contribution in [3.05, 3.63) is 16.4 Å². The number of carboxylic acid groups (broad SMARTS) is 1. The van der Waals surface area contributed by atoms with E-state index in [-0.39, 0.29) is 18.2 Å². The summed E-state index contributed by atoms with van der Waals surface area (Å²) < 4.78 is 6.34. The zero-order chi connectivity index (χ0) is 14.0. The normalized spacial score (nSPS) is 11.2. The first-order chi connectivity index (χ1) is 9.04. The first kappa shape index (κ1) is 13.6. The summed E-state index contributed by atoms with van der Waals surface area (Å²) in [4.78, 5) is 11.1. The highest BCUT2D eigenvalue weighted by atomic mass is 32.1. The van der Waals surface area contributed by atoms with E-state index in [1.165, 1.54) is 23.1 Å². The molecule has 8 nitrogen and oxygen atoms in total. The van der Waals surface area contributed by atoms with E-state index in [4.69, 9.17) is 9.84 Å². The minimum Gasteiger partial charge on any atom is -0.476 e. The van der Waals surface area contributed by atoms with Crippen LogP contribution in [0.3, 0.4) is 0 Å². The number of carboxylic acids is 1. The second-order valence-corrected chi connectivity index (χ2v) is 5.10. The molecule has 0 unspecified atom stereocenters. The summed E-state index contributed by atoms with van der Waals surface area (Å²) in [6, 6.07) is 0. The lowest BCUT2D eigenvalue weighted by Gasteiger charge is -2.01. The Morgan fingerprint density at radius 2 is 2.16 bits per heavy atom. The van der Waals surface area contributed by atoms with E-state index in [9.17, 15) is 4.79 Å². The predicted octanol–water partition coefficient (Wildman–Crippen LogP) is 1.09. The van der Waals surface area contributed by atoms with Crippen LogP contribution in [0.15, 0.2) is 0 Å². The molecule has 19 heavy (non-hydrogen) atoms. The summed E-state index contributed by atoms with van der Waals surface area (Å²) in [5.74, 6) is -0.897. The van der Waals surface area contributed by atoms with Crippen LogP contribution in [0.5, 0.6) is 0 Å². The van der Waals surface area contributed by atoms with Gasteiger partial charge in [-0.2, -0.15) is 4.68 Å². The smallest absolute Gasteiger partial charge is 0.358 e. The average molecular weight is 283 g/mol. The Bertz CT molecular complexity index is 592. The standard InChI is InChI=1S/C10H13N5O3S/c1-5(2)8-12-13-10(19-8)15-6(4-18-3)7(9(16)17)11-14-15/h5H,4H2,1-3H3,(H,16,17). The number of aromatic carboxylic acids is 1. The van der Waals surface area contributed by atoms with Gasteiger partial charge in [0.25, 0.3) is 0 Å². The van der Waals surface area contributed by atoms with Crippen LogP contribution in [0.2, 0.25) is 0 Å². The molecule has 0 atom stereocenters. The van der Waals surface area contributed by atoms with Crippen LogP contribution < -0.4 is 0 Å². The van der Waals surface area contributed by atoms with Crippen molar-refractivity contribution in [1.82, 2.24) is 25.2 Å². The van der Waals surface area contributed by atoms with Gasteiger partial charge in [-0.05, 0) is 0 Å². The molecular weight excluding hydrogens is 270 g/mol. The lowest BCUT2D eigenvalue weighted by atomic mass is 10.2. The molecule has 0 fully saturated rings. The molecule has 9 heteroatoms. The van der Waals surface area contributed by atoms with Gasteiger partial charge in [-0.25, -0.2) is 4.79 Å². The van der Waals surface area contributed by atoms with Gasteiger partial charge >= 0.3 is 5.97 Å². The van der Waals surface area contributed by atoms with Gasteiger partial charge in [-0.15, -0.1) is 15.3 Å². The molecule has 2 rings (SSSR count). The van der Waals surface area contributed by atoms with Crippen molar-refractivity contribution in [1.29, 1.82) is 0 Å². The Labute approximate surface area is 113 Å². The molecule has 0 radical (unpaired) electrons. The van der Waals surface area contributed by atoms with Crippen molar-refractivity contribution in [2.45, 2.75) is 26.4 Å². The second-order valence-electron chi connectivity index (χ2n) is 4.11. The SMILES string of the molecule is COCc1c(C(=O)O)nnn1-c1nnc(C(C)C)s1. The molecule has 0 spiro atoms. The van der Waals surface area contributed by atoms with E-state index in [1.54, 1.807) is 0 Å². The Kier molecular flexibility index (Phi) is 3.86. The fraction of sp³-hybridized carbons (Fsp3) is 0.500. The van der Waals surface area contributed by atoms with E-state index < -0.39 is 5.97 Å². The summed E-state index contributed by atoms with van der Waals surface area (Å²) in [5, 5.41) is 25.9. The minimum absolute atomic E-state index is 0.0885. The van der Waals surface area contributed by atoms with Crippen LogP contribution in [-0.4, -0.2) is 43.4 Å². The van der Waals surface area contributed by atoms with E-state index >= 15 is 0 Å². The Morgan fingerprint density at radius 3 is 2.68 bits per heavy atom. The lowest BCUT2D eigenvalue weighted by Crippen LogP contribution is -2.07. The van der Waals surface area contributed by atoms with E-state index in [1.807, 2.05) is 13.8 Å². The summed E-state index contributed by atoms with van der Waals surface area (Å²) in [6.45, 7) is 4.10. The number of rotatable bonds is 5. The fourth-order valence-corrected chi connectivity index (χ4v) is 2.25. The average Bonchev–Trinajstić information content (AvgIpc) is 2.94. The van der Waals surface area contributed by atoms with Gasteiger partial charge in [-0.1, -0.05) is 30.4 Å². The number of methoxy groups -OCH3 is 1. The Morgan fingerprint density at radius 1 is 1.42 bits per heavy atom. The molecular formula is C10H13N5O3S. The maximum atomic E-state index is 11.1. The van der Waals surface area contributed by atoms with Crippen LogP contribution in [0.4, 0.5) is 0 Å². The molecule has 0 aliphatic carbocycles. The molecule has 0 saturated carbocycles. The lowest BCUT2D eigenvalue weighted by molar-refractivity contribution is 0.0685. The molecule has 0 aliphatic heterocycles. The van der Waals surface area contributed by atoms with Crippen molar-refractivity contribution in [2.24, 2.45) is 0 Å². The number of aromatic nitrogens is 5. The second kappa shape index (κ2) is 5.41. The third-order valence-electron chi connectivity index (χ3n) is 2.35. The largest absolute Gasteiger partial charge is 0.476 e. The maximum Gasteiger partial charge on any atom is 0.358 e. The predicted molar refractivity (Wildman–Crippen MR) is 66.6 cm³/mol. The molecule has 0 bridgehead atoms. The van der Waals surface area contributed by atoms with Crippen molar-refractivity contribution in [3.63, 3.8) is 0 Å². The van der Waals surface area contributed by atoms with E-state index in [0.717, 1.165) is 5.01 Å². The molecule has 1 N–H and O–H groups in total. The number of hydrogen-bond donors (Lipinski definition) is 1. The van der Waals surface area contributed by atoms with Gasteiger partial charge < -0.3 is 9.84 Å². The Balaban J connectivity index is 2.45. The molecule has 0 aliphatic rings. The summed E-state index contributed by atoms with van der Waals surface area (Å²) in [5.41, 5.74) is 0.213. The van der Waals surface area contributed by atoms with Crippen LogP contribution >= 0.6 is 11.3 Å². The summed E-state index contributed by atoms with van der Waals surface area (Å²) in [7, 11) is 1.47. The van der Waals surface area contributed by atoms with Gasteiger partial charge in [-0.3, -0.25) is 0 Å². The highest BCUT2D eigenvalue weighted by molar-refractivity contribution is 7.13. The van der Waals surface area contributed by atoms with Crippen LogP contribution in [0, 0.1) is 0 Å². The molecule has 2 heterocycles. The molecule has 0 aromatic carbocycles. The quantitative estimate of drug-likeness (QED) is 0.875. The van der Waals surface area contributed by atoms with E-state index in [0.29, 0.717) is 10.8 Å². The number of carbonyl (C=O) groups is 1. The Hall–Kier alpha value is -1.87. The molecule has 102 valence electrons. The van der Waals surface area contributed by atoms with Crippen molar-refractivity contribution >= 4 is 17.3 Å². The van der Waals surface area contributed by atoms with Gasteiger partial charge in [0, 0.05) is 13.0 Å². The van der Waals surface area contributed by atoms with Crippen molar-refractivity contribution in [2.75, 3.05) is 7.11 Å². The molecule has 0 saturated heterocycles. The van der Waals surface area contributed by atoms with Crippen LogP contribution in [0.1, 0.15) is 41.0 Å². The first-order valence-electron chi connectivity index (χ1n) is 5.55. The molecule has 2 aromatic heterocycles. The highest BCUT2D eigenvalue weighted by Crippen LogP contribution is 2.23. The number of ether oxygens (including phenoxy) is 1.